The summed E-state index contributed by atoms with van der Waals surface area (Å²) in [6.45, 7) is 6.65. The van der Waals surface area contributed by atoms with Crippen molar-refractivity contribution in [3.05, 3.63) is 12.2 Å². The number of aliphatic hydroxyl groups excluding tert-OH is 4. The molecule has 8 heteroatoms. The van der Waals surface area contributed by atoms with Gasteiger partial charge in [-0.15, -0.1) is 0 Å². The summed E-state index contributed by atoms with van der Waals surface area (Å²) >= 11 is 0. The van der Waals surface area contributed by atoms with Crippen LogP contribution in [-0.4, -0.2) is 80.3 Å². The van der Waals surface area contributed by atoms with E-state index in [4.69, 9.17) is 9.47 Å². The van der Waals surface area contributed by atoms with Gasteiger partial charge in [-0.25, -0.2) is 0 Å². The van der Waals surface area contributed by atoms with Gasteiger partial charge in [-0.2, -0.15) is 0 Å². The standard InChI is InChI=1S/C19H32O8/c1-10-7-12(21)8-18(3,4)19(10,25)6-5-11(2)26-17-16(24)15(23)14(22)13(9-20)27-17/h5-6,10-11,13-17,20,22-25H,7-9H2,1-4H3/b6-5+/t10-,11-,13+,14-,15-,16-,17+,19+/m1/s1. The molecule has 5 N–H and O–H groups in total. The molecule has 27 heavy (non-hydrogen) atoms. The molecule has 0 aromatic heterocycles. The van der Waals surface area contributed by atoms with Gasteiger partial charge in [0.1, 0.15) is 30.2 Å². The van der Waals surface area contributed by atoms with Crippen LogP contribution in [0.4, 0.5) is 0 Å². The van der Waals surface area contributed by atoms with Crippen molar-refractivity contribution in [1.29, 1.82) is 0 Å². The van der Waals surface area contributed by atoms with Gasteiger partial charge in [0, 0.05) is 18.3 Å². The van der Waals surface area contributed by atoms with Gasteiger partial charge in [0.25, 0.3) is 0 Å². The summed E-state index contributed by atoms with van der Waals surface area (Å²) in [6, 6.07) is 0. The van der Waals surface area contributed by atoms with Crippen molar-refractivity contribution in [3.63, 3.8) is 0 Å². The molecule has 0 radical (unpaired) electrons. The van der Waals surface area contributed by atoms with E-state index in [1.807, 2.05) is 20.8 Å². The van der Waals surface area contributed by atoms with E-state index < -0.39 is 54.4 Å². The molecule has 0 amide bonds. The number of rotatable bonds is 5. The Balaban J connectivity index is 2.08. The van der Waals surface area contributed by atoms with Gasteiger partial charge in [-0.1, -0.05) is 32.9 Å². The lowest BCUT2D eigenvalue weighted by molar-refractivity contribution is -0.306. The fourth-order valence-corrected chi connectivity index (χ4v) is 3.98. The predicted molar refractivity (Wildman–Crippen MR) is 95.6 cm³/mol. The Morgan fingerprint density at radius 2 is 1.89 bits per heavy atom. The number of aliphatic hydroxyl groups is 5. The third-order valence-electron chi connectivity index (χ3n) is 5.83. The molecule has 0 unspecified atom stereocenters. The second kappa shape index (κ2) is 8.24. The fourth-order valence-electron chi connectivity index (χ4n) is 3.98. The second-order valence-corrected chi connectivity index (χ2v) is 8.43. The van der Waals surface area contributed by atoms with Crippen molar-refractivity contribution < 1.29 is 39.8 Å². The molecule has 156 valence electrons. The third kappa shape index (κ3) is 4.42. The van der Waals surface area contributed by atoms with Crippen LogP contribution < -0.4 is 0 Å². The molecule has 1 saturated heterocycles. The summed E-state index contributed by atoms with van der Waals surface area (Å²) in [5.74, 6) is -0.138. The molecular formula is C19H32O8. The summed E-state index contributed by atoms with van der Waals surface area (Å²) in [5.41, 5.74) is -1.84. The molecule has 0 aromatic carbocycles. The van der Waals surface area contributed by atoms with Gasteiger partial charge >= 0.3 is 0 Å². The zero-order valence-corrected chi connectivity index (χ0v) is 16.3. The number of carbonyl (C=O) groups is 1. The Morgan fingerprint density at radius 3 is 2.44 bits per heavy atom. The van der Waals surface area contributed by atoms with Gasteiger partial charge in [0.2, 0.25) is 0 Å². The smallest absolute Gasteiger partial charge is 0.187 e. The monoisotopic (exact) mass is 388 g/mol. The maximum absolute atomic E-state index is 11.9. The lowest BCUT2D eigenvalue weighted by atomic mass is 9.60. The van der Waals surface area contributed by atoms with Crippen LogP contribution in [0.25, 0.3) is 0 Å². The first-order valence-corrected chi connectivity index (χ1v) is 9.32. The van der Waals surface area contributed by atoms with E-state index in [-0.39, 0.29) is 18.1 Å². The van der Waals surface area contributed by atoms with Crippen LogP contribution in [0.1, 0.15) is 40.5 Å². The van der Waals surface area contributed by atoms with Crippen LogP contribution in [0, 0.1) is 11.3 Å². The topological polar surface area (TPSA) is 137 Å². The van der Waals surface area contributed by atoms with Crippen molar-refractivity contribution in [2.45, 2.75) is 82.9 Å². The van der Waals surface area contributed by atoms with Crippen LogP contribution >= 0.6 is 0 Å². The van der Waals surface area contributed by atoms with Gasteiger partial charge in [0.15, 0.2) is 6.29 Å². The lowest BCUT2D eigenvalue weighted by Gasteiger charge is -2.48. The molecule has 2 fully saturated rings. The van der Waals surface area contributed by atoms with Crippen LogP contribution in [0.2, 0.25) is 0 Å². The number of Topliss-reactive ketones (excluding diaryl/α,β-unsaturated/α-hetero) is 1. The number of ketones is 1. The molecular weight excluding hydrogens is 356 g/mol. The molecule has 8 nitrogen and oxygen atoms in total. The van der Waals surface area contributed by atoms with Crippen molar-refractivity contribution in [1.82, 2.24) is 0 Å². The van der Waals surface area contributed by atoms with Crippen LogP contribution in [0.3, 0.4) is 0 Å². The van der Waals surface area contributed by atoms with Crippen LogP contribution in [0.15, 0.2) is 12.2 Å². The zero-order valence-electron chi connectivity index (χ0n) is 16.3. The predicted octanol–water partition coefficient (Wildman–Crippen LogP) is -0.496. The largest absolute Gasteiger partial charge is 0.394 e. The van der Waals surface area contributed by atoms with E-state index in [9.17, 15) is 30.3 Å². The van der Waals surface area contributed by atoms with Crippen molar-refractivity contribution >= 4 is 5.78 Å². The Hall–Kier alpha value is -0.870. The SMILES string of the molecule is C[C@H](/C=C/[C@]1(O)[C@H](C)CC(=O)CC1(C)C)O[C@H]1O[C@@H](CO)[C@@H](O)[C@@H](O)[C@H]1O. The van der Waals surface area contributed by atoms with Crippen molar-refractivity contribution in [3.8, 4) is 0 Å². The van der Waals surface area contributed by atoms with Gasteiger partial charge in [-0.3, -0.25) is 4.79 Å². The van der Waals surface area contributed by atoms with Gasteiger partial charge in [-0.05, 0) is 12.8 Å². The van der Waals surface area contributed by atoms with E-state index in [0.29, 0.717) is 6.42 Å². The average Bonchev–Trinajstić information content (AvgIpc) is 2.58. The normalized spacial score (nSPS) is 43.8. The fraction of sp³-hybridized carbons (Fsp3) is 0.842. The minimum Gasteiger partial charge on any atom is -0.394 e. The molecule has 8 atom stereocenters. The van der Waals surface area contributed by atoms with E-state index in [1.54, 1.807) is 19.1 Å². The molecule has 1 saturated carbocycles. The summed E-state index contributed by atoms with van der Waals surface area (Å²) in [6.07, 6.45) is -3.51. The first-order valence-electron chi connectivity index (χ1n) is 9.32. The highest BCUT2D eigenvalue weighted by atomic mass is 16.7. The van der Waals surface area contributed by atoms with E-state index in [0.717, 1.165) is 0 Å². The second-order valence-electron chi connectivity index (χ2n) is 8.43. The Morgan fingerprint density at radius 1 is 1.26 bits per heavy atom. The molecule has 1 heterocycles. The summed E-state index contributed by atoms with van der Waals surface area (Å²) in [7, 11) is 0. The van der Waals surface area contributed by atoms with Gasteiger partial charge < -0.3 is 35.0 Å². The van der Waals surface area contributed by atoms with Gasteiger partial charge in [0.05, 0.1) is 18.3 Å². The Bertz CT molecular complexity index is 560. The molecule has 0 aromatic rings. The minimum atomic E-state index is -1.51. The van der Waals surface area contributed by atoms with E-state index in [2.05, 4.69) is 0 Å². The number of hydrogen-bond donors (Lipinski definition) is 5. The quantitative estimate of drug-likeness (QED) is 0.398. The highest BCUT2D eigenvalue weighted by molar-refractivity contribution is 5.81. The first kappa shape index (κ1) is 22.4. The molecule has 2 rings (SSSR count). The zero-order chi connectivity index (χ0) is 20.6. The molecule has 0 bridgehead atoms. The summed E-state index contributed by atoms with van der Waals surface area (Å²) in [4.78, 5) is 11.9. The maximum Gasteiger partial charge on any atom is 0.187 e. The van der Waals surface area contributed by atoms with Crippen molar-refractivity contribution in [2.24, 2.45) is 11.3 Å². The number of ether oxygens (including phenoxy) is 2. The van der Waals surface area contributed by atoms with Crippen LogP contribution in [-0.2, 0) is 14.3 Å². The maximum atomic E-state index is 11.9. The number of carbonyl (C=O) groups excluding carboxylic acids is 1. The molecule has 2 aliphatic rings. The minimum absolute atomic E-state index is 0.121. The summed E-state index contributed by atoms with van der Waals surface area (Å²) in [5, 5.41) is 50.1. The molecule has 0 spiro atoms. The Kier molecular flexibility index (Phi) is 6.85. The molecule has 1 aliphatic heterocycles. The highest BCUT2D eigenvalue weighted by Gasteiger charge is 2.50. The summed E-state index contributed by atoms with van der Waals surface area (Å²) < 4.78 is 10.9. The Labute approximate surface area is 159 Å². The third-order valence-corrected chi connectivity index (χ3v) is 5.83. The first-order chi connectivity index (χ1) is 12.4. The van der Waals surface area contributed by atoms with E-state index in [1.165, 1.54) is 0 Å². The number of hydrogen-bond acceptors (Lipinski definition) is 8. The van der Waals surface area contributed by atoms with E-state index >= 15 is 0 Å². The lowest BCUT2D eigenvalue weighted by Crippen LogP contribution is -2.59. The highest BCUT2D eigenvalue weighted by Crippen LogP contribution is 2.46. The average molecular weight is 388 g/mol. The molecule has 1 aliphatic carbocycles. The van der Waals surface area contributed by atoms with Crippen molar-refractivity contribution in [2.75, 3.05) is 6.61 Å². The van der Waals surface area contributed by atoms with Crippen LogP contribution in [0.5, 0.6) is 0 Å².